The molecule has 3 rings (SSSR count). The summed E-state index contributed by atoms with van der Waals surface area (Å²) >= 11 is 0. The van der Waals surface area contributed by atoms with Gasteiger partial charge in [0.2, 0.25) is 0 Å². The van der Waals surface area contributed by atoms with Crippen molar-refractivity contribution in [1.82, 2.24) is 4.90 Å². The van der Waals surface area contributed by atoms with Crippen LogP contribution in [-0.4, -0.2) is 29.3 Å². The van der Waals surface area contributed by atoms with Crippen LogP contribution in [0, 0.1) is 10.8 Å². The van der Waals surface area contributed by atoms with Gasteiger partial charge in [0.25, 0.3) is 0 Å². The third-order valence-corrected chi connectivity index (χ3v) is 3.66. The summed E-state index contributed by atoms with van der Waals surface area (Å²) in [6.45, 7) is 8.94. The van der Waals surface area contributed by atoms with E-state index in [0.29, 0.717) is 10.8 Å². The highest BCUT2D eigenvalue weighted by atomic mass is 16.3. The highest BCUT2D eigenvalue weighted by Crippen LogP contribution is 2.58. The predicted molar refractivity (Wildman–Crippen MR) is 53.3 cm³/mol. The third-order valence-electron chi connectivity index (χ3n) is 3.66. The van der Waals surface area contributed by atoms with Crippen LogP contribution in [-0.2, 0) is 0 Å². The van der Waals surface area contributed by atoms with Crippen LogP contribution in [0.1, 0.15) is 40.0 Å². The van der Waals surface area contributed by atoms with Gasteiger partial charge in [0, 0.05) is 13.1 Å². The molecule has 1 saturated carbocycles. The molecular formula is C11H21NO. The second kappa shape index (κ2) is 2.71. The first-order chi connectivity index (χ1) is 5.96. The summed E-state index contributed by atoms with van der Waals surface area (Å²) in [6, 6.07) is 0. The van der Waals surface area contributed by atoms with Gasteiger partial charge in [-0.05, 0) is 30.1 Å². The van der Waals surface area contributed by atoms with Crippen LogP contribution in [0.2, 0.25) is 0 Å². The zero-order valence-corrected chi connectivity index (χ0v) is 9.01. The maximum Gasteiger partial charge on any atom is 0.107 e. The Hall–Kier alpha value is -0.0800. The van der Waals surface area contributed by atoms with Crippen LogP contribution >= 0.6 is 0 Å². The highest BCUT2D eigenvalue weighted by molar-refractivity contribution is 5.06. The minimum atomic E-state index is -0.209. The summed E-state index contributed by atoms with van der Waals surface area (Å²) in [6.07, 6.45) is 3.35. The smallest absolute Gasteiger partial charge is 0.107 e. The van der Waals surface area contributed by atoms with E-state index in [1.807, 2.05) is 0 Å². The van der Waals surface area contributed by atoms with Gasteiger partial charge in [-0.2, -0.15) is 0 Å². The first-order valence-electron chi connectivity index (χ1n) is 5.39. The Bertz CT molecular complexity index is 192. The fourth-order valence-electron chi connectivity index (χ4n) is 3.74. The Kier molecular flexibility index (Phi) is 1.97. The Morgan fingerprint density at radius 3 is 2.08 bits per heavy atom. The lowest BCUT2D eigenvalue weighted by molar-refractivity contribution is -0.161. The normalized spacial score (nSPS) is 47.1. The Labute approximate surface area is 80.9 Å². The fourth-order valence-corrected chi connectivity index (χ4v) is 3.74. The molecule has 0 aromatic heterocycles. The summed E-state index contributed by atoms with van der Waals surface area (Å²) in [4.78, 5) is 2.26. The van der Waals surface area contributed by atoms with Crippen molar-refractivity contribution in [3.05, 3.63) is 0 Å². The fraction of sp³-hybridized carbons (Fsp3) is 1.00. The van der Waals surface area contributed by atoms with Crippen LogP contribution in [0.15, 0.2) is 0 Å². The van der Waals surface area contributed by atoms with Gasteiger partial charge in [-0.15, -0.1) is 0 Å². The monoisotopic (exact) mass is 183 g/mol. The summed E-state index contributed by atoms with van der Waals surface area (Å²) in [5.41, 5.74) is 1.01. The van der Waals surface area contributed by atoms with E-state index in [1.54, 1.807) is 0 Å². The molecule has 3 aliphatic rings. The second-order valence-corrected chi connectivity index (χ2v) is 5.77. The molecule has 0 aromatic rings. The van der Waals surface area contributed by atoms with Crippen LogP contribution < -0.4 is 0 Å². The molecule has 0 radical (unpaired) electrons. The van der Waals surface area contributed by atoms with Crippen LogP contribution in [0.4, 0.5) is 0 Å². The van der Waals surface area contributed by atoms with E-state index in [-0.39, 0.29) is 6.23 Å². The number of nitrogens with zero attached hydrogens (tertiary/aromatic N) is 1. The topological polar surface area (TPSA) is 23.5 Å². The van der Waals surface area contributed by atoms with E-state index < -0.39 is 0 Å². The minimum Gasteiger partial charge on any atom is -0.378 e. The van der Waals surface area contributed by atoms with E-state index >= 15 is 0 Å². The Morgan fingerprint density at radius 1 is 1.23 bits per heavy atom. The second-order valence-electron chi connectivity index (χ2n) is 5.77. The summed E-state index contributed by atoms with van der Waals surface area (Å²) in [5, 5.41) is 9.78. The molecule has 0 spiro atoms. The van der Waals surface area contributed by atoms with Crippen LogP contribution in [0.3, 0.4) is 0 Å². The molecule has 2 bridgehead atoms. The lowest BCUT2D eigenvalue weighted by Gasteiger charge is -2.62. The van der Waals surface area contributed by atoms with Gasteiger partial charge in [-0.25, -0.2) is 0 Å². The number of aliphatic hydroxyl groups excluding tert-OH is 1. The molecule has 0 aromatic carbocycles. The van der Waals surface area contributed by atoms with Crippen molar-refractivity contribution in [2.75, 3.05) is 13.1 Å². The standard InChI is InChI=1S/C11H21NO/c1-4-9(13)12-7-10(2)5-11(3,6-10)8-12/h9,13H,4-8H2,1-3H3. The van der Waals surface area contributed by atoms with Gasteiger partial charge in [-0.1, -0.05) is 20.8 Å². The SMILES string of the molecule is CCC(O)N1CC2(C)CC(C)(C1)C2. The van der Waals surface area contributed by atoms with E-state index in [2.05, 4.69) is 25.7 Å². The highest BCUT2D eigenvalue weighted by Gasteiger charge is 2.54. The van der Waals surface area contributed by atoms with Crippen LogP contribution in [0.25, 0.3) is 0 Å². The maximum absolute atomic E-state index is 9.78. The largest absolute Gasteiger partial charge is 0.378 e. The number of fused-ring (bicyclic) bond motifs is 2. The zero-order valence-electron chi connectivity index (χ0n) is 9.01. The van der Waals surface area contributed by atoms with Gasteiger partial charge in [0.15, 0.2) is 0 Å². The van der Waals surface area contributed by atoms with Crippen LogP contribution in [0.5, 0.6) is 0 Å². The first-order valence-corrected chi connectivity index (χ1v) is 5.39. The molecule has 3 fully saturated rings. The van der Waals surface area contributed by atoms with Crippen molar-refractivity contribution in [3.63, 3.8) is 0 Å². The van der Waals surface area contributed by atoms with Gasteiger partial charge in [0.1, 0.15) is 6.23 Å². The molecule has 2 saturated heterocycles. The molecule has 2 heteroatoms. The van der Waals surface area contributed by atoms with E-state index in [0.717, 1.165) is 19.5 Å². The van der Waals surface area contributed by atoms with Crippen molar-refractivity contribution < 1.29 is 5.11 Å². The molecular weight excluding hydrogens is 162 g/mol. The molecule has 1 atom stereocenters. The quantitative estimate of drug-likeness (QED) is 0.706. The van der Waals surface area contributed by atoms with Gasteiger partial charge in [0.05, 0.1) is 0 Å². The van der Waals surface area contributed by atoms with Crippen molar-refractivity contribution >= 4 is 0 Å². The van der Waals surface area contributed by atoms with Crippen molar-refractivity contribution in [2.24, 2.45) is 10.8 Å². The average Bonchev–Trinajstić information content (AvgIpc) is 1.98. The Balaban J connectivity index is 2.03. The lowest BCUT2D eigenvalue weighted by atomic mass is 9.51. The predicted octanol–water partition coefficient (Wildman–Crippen LogP) is 1.84. The number of piperidine rings is 2. The van der Waals surface area contributed by atoms with Crippen molar-refractivity contribution in [2.45, 2.75) is 46.3 Å². The summed E-state index contributed by atoms with van der Waals surface area (Å²) in [7, 11) is 0. The average molecular weight is 183 g/mol. The van der Waals surface area contributed by atoms with Gasteiger partial charge < -0.3 is 5.11 Å². The number of rotatable bonds is 2. The third kappa shape index (κ3) is 1.50. The molecule has 13 heavy (non-hydrogen) atoms. The molecule has 76 valence electrons. The first kappa shape index (κ1) is 9.47. The maximum atomic E-state index is 9.78. The number of aliphatic hydroxyl groups is 1. The van der Waals surface area contributed by atoms with E-state index in [4.69, 9.17) is 0 Å². The molecule has 2 aliphatic heterocycles. The zero-order chi connectivity index (χ0) is 9.69. The van der Waals surface area contributed by atoms with E-state index in [9.17, 15) is 5.11 Å². The molecule has 2 nitrogen and oxygen atoms in total. The lowest BCUT2D eigenvalue weighted by Crippen LogP contribution is -2.62. The molecule has 1 aliphatic carbocycles. The van der Waals surface area contributed by atoms with Gasteiger partial charge >= 0.3 is 0 Å². The minimum absolute atomic E-state index is 0.209. The molecule has 2 heterocycles. The number of hydrogen-bond acceptors (Lipinski definition) is 2. The van der Waals surface area contributed by atoms with E-state index in [1.165, 1.54) is 12.8 Å². The van der Waals surface area contributed by atoms with Crippen molar-refractivity contribution in [3.8, 4) is 0 Å². The molecule has 1 unspecified atom stereocenters. The molecule has 1 N–H and O–H groups in total. The van der Waals surface area contributed by atoms with Crippen molar-refractivity contribution in [1.29, 1.82) is 0 Å². The summed E-state index contributed by atoms with van der Waals surface area (Å²) in [5.74, 6) is 0. The number of hydrogen-bond donors (Lipinski definition) is 1. The molecule has 0 amide bonds. The Morgan fingerprint density at radius 2 is 1.69 bits per heavy atom. The summed E-state index contributed by atoms with van der Waals surface area (Å²) < 4.78 is 0. The van der Waals surface area contributed by atoms with Gasteiger partial charge in [-0.3, -0.25) is 4.90 Å².